The fourth-order valence-electron chi connectivity index (χ4n) is 3.82. The number of nitrogens with zero attached hydrogens (tertiary/aromatic N) is 1. The van der Waals surface area contributed by atoms with Crippen molar-refractivity contribution in [1.29, 1.82) is 0 Å². The monoisotopic (exact) mass is 397 g/mol. The van der Waals surface area contributed by atoms with E-state index < -0.39 is 33.5 Å². The number of nitro groups is 1. The van der Waals surface area contributed by atoms with E-state index in [-0.39, 0.29) is 39.8 Å². The zero-order valence-electron chi connectivity index (χ0n) is 16.8. The number of aromatic hydroxyl groups is 2. The van der Waals surface area contributed by atoms with Crippen molar-refractivity contribution in [2.45, 2.75) is 40.5 Å². The highest BCUT2D eigenvalue weighted by Gasteiger charge is 2.41. The molecular formula is C22H23NO6. The third kappa shape index (κ3) is 3.37. The van der Waals surface area contributed by atoms with E-state index in [2.05, 4.69) is 0 Å². The van der Waals surface area contributed by atoms with Gasteiger partial charge >= 0.3 is 0 Å². The van der Waals surface area contributed by atoms with Gasteiger partial charge in [0.2, 0.25) is 5.78 Å². The van der Waals surface area contributed by atoms with Crippen LogP contribution in [0.15, 0.2) is 18.2 Å². The second-order valence-electron chi connectivity index (χ2n) is 8.26. The Balaban J connectivity index is 2.32. The van der Waals surface area contributed by atoms with Crippen LogP contribution in [-0.4, -0.2) is 26.7 Å². The number of hydrogen-bond acceptors (Lipinski definition) is 6. The van der Waals surface area contributed by atoms with Crippen LogP contribution in [0, 0.1) is 22.0 Å². The maximum absolute atomic E-state index is 13.2. The summed E-state index contributed by atoms with van der Waals surface area (Å²) >= 11 is 0. The summed E-state index contributed by atoms with van der Waals surface area (Å²) in [6.45, 7) is 7.64. The van der Waals surface area contributed by atoms with Gasteiger partial charge in [-0.1, -0.05) is 33.8 Å². The first kappa shape index (κ1) is 20.5. The van der Waals surface area contributed by atoms with E-state index in [0.29, 0.717) is 18.4 Å². The normalized spacial score (nSPS) is 13.0. The highest BCUT2D eigenvalue weighted by molar-refractivity contribution is 6.31. The second-order valence-corrected chi connectivity index (χ2v) is 8.26. The molecule has 2 aromatic rings. The first-order chi connectivity index (χ1) is 13.5. The van der Waals surface area contributed by atoms with Gasteiger partial charge in [-0.2, -0.15) is 0 Å². The largest absolute Gasteiger partial charge is 0.507 e. The van der Waals surface area contributed by atoms with E-state index >= 15 is 0 Å². The van der Waals surface area contributed by atoms with E-state index in [4.69, 9.17) is 0 Å². The number of carbonyl (C=O) groups is 2. The van der Waals surface area contributed by atoms with Crippen molar-refractivity contribution in [3.8, 4) is 11.5 Å². The van der Waals surface area contributed by atoms with E-state index in [1.807, 2.05) is 27.7 Å². The molecule has 0 bridgehead atoms. The summed E-state index contributed by atoms with van der Waals surface area (Å²) in [6, 6.07) is 4.17. The van der Waals surface area contributed by atoms with Crippen LogP contribution in [0.5, 0.6) is 11.5 Å². The summed E-state index contributed by atoms with van der Waals surface area (Å²) in [7, 11) is 0. The molecule has 0 aliphatic heterocycles. The summed E-state index contributed by atoms with van der Waals surface area (Å²) in [5.41, 5.74) is -0.912. The Morgan fingerprint density at radius 1 is 0.862 bits per heavy atom. The molecule has 7 heteroatoms. The predicted molar refractivity (Wildman–Crippen MR) is 107 cm³/mol. The van der Waals surface area contributed by atoms with Crippen LogP contribution >= 0.6 is 0 Å². The Bertz CT molecular complexity index is 1050. The Kier molecular flexibility index (Phi) is 5.17. The van der Waals surface area contributed by atoms with Gasteiger partial charge in [0.1, 0.15) is 17.1 Å². The van der Waals surface area contributed by atoms with E-state index in [1.54, 1.807) is 6.07 Å². The van der Waals surface area contributed by atoms with Crippen molar-refractivity contribution >= 4 is 17.3 Å². The molecular weight excluding hydrogens is 374 g/mol. The molecule has 1 aliphatic rings. The standard InChI is InChI=1S/C22H23NO6/c1-10(2)7-12-5-6-14-16(19(12)24)22(27)17-15(23(28)29)9-13(8-11(3)4)20(25)18(17)21(14)26/h5-6,9-11,24-25H,7-8H2,1-4H3. The van der Waals surface area contributed by atoms with Gasteiger partial charge in [0.25, 0.3) is 5.69 Å². The topological polar surface area (TPSA) is 118 Å². The molecule has 2 aromatic carbocycles. The van der Waals surface area contributed by atoms with Gasteiger partial charge in [0.05, 0.1) is 16.1 Å². The lowest BCUT2D eigenvalue weighted by atomic mass is 9.79. The van der Waals surface area contributed by atoms with E-state index in [0.717, 1.165) is 6.07 Å². The number of benzene rings is 2. The van der Waals surface area contributed by atoms with Crippen LogP contribution < -0.4 is 0 Å². The molecule has 0 saturated carbocycles. The molecule has 0 spiro atoms. The van der Waals surface area contributed by atoms with Crippen LogP contribution in [0.3, 0.4) is 0 Å². The summed E-state index contributed by atoms with van der Waals surface area (Å²) in [4.78, 5) is 37.3. The lowest BCUT2D eigenvalue weighted by Gasteiger charge is -2.22. The maximum Gasteiger partial charge on any atom is 0.281 e. The molecule has 1 aliphatic carbocycles. The first-order valence-corrected chi connectivity index (χ1v) is 9.52. The van der Waals surface area contributed by atoms with E-state index in [9.17, 15) is 29.9 Å². The van der Waals surface area contributed by atoms with Crippen LogP contribution in [-0.2, 0) is 12.8 Å². The van der Waals surface area contributed by atoms with Crippen molar-refractivity contribution < 1.29 is 24.7 Å². The molecule has 0 heterocycles. The summed E-state index contributed by atoms with van der Waals surface area (Å²) in [6.07, 6.45) is 0.793. The molecule has 0 amide bonds. The van der Waals surface area contributed by atoms with Gasteiger partial charge in [-0.3, -0.25) is 19.7 Å². The molecule has 0 atom stereocenters. The molecule has 0 fully saturated rings. The van der Waals surface area contributed by atoms with Crippen molar-refractivity contribution in [2.75, 3.05) is 0 Å². The average molecular weight is 397 g/mol. The third-order valence-electron chi connectivity index (χ3n) is 5.00. The molecule has 0 radical (unpaired) electrons. The maximum atomic E-state index is 13.2. The number of phenolic OH excluding ortho intramolecular Hbond substituents is 2. The van der Waals surface area contributed by atoms with Crippen molar-refractivity contribution in [1.82, 2.24) is 0 Å². The number of rotatable bonds is 5. The number of fused-ring (bicyclic) bond motifs is 2. The van der Waals surface area contributed by atoms with Gasteiger partial charge in [-0.25, -0.2) is 0 Å². The molecule has 3 rings (SSSR count). The molecule has 0 unspecified atom stereocenters. The molecule has 7 nitrogen and oxygen atoms in total. The molecule has 29 heavy (non-hydrogen) atoms. The number of phenols is 2. The quantitative estimate of drug-likeness (QED) is 0.493. The Morgan fingerprint density at radius 3 is 1.97 bits per heavy atom. The number of carbonyl (C=O) groups excluding carboxylic acids is 2. The number of ketones is 2. The molecule has 2 N–H and O–H groups in total. The summed E-state index contributed by atoms with van der Waals surface area (Å²) < 4.78 is 0. The molecule has 0 saturated heterocycles. The van der Waals surface area contributed by atoms with Gasteiger partial charge in [-0.15, -0.1) is 0 Å². The fourth-order valence-corrected chi connectivity index (χ4v) is 3.82. The van der Waals surface area contributed by atoms with Crippen LogP contribution in [0.2, 0.25) is 0 Å². The number of nitro benzene ring substituents is 1. The summed E-state index contributed by atoms with van der Waals surface area (Å²) in [5, 5.41) is 33.0. The van der Waals surface area contributed by atoms with Crippen LogP contribution in [0.25, 0.3) is 0 Å². The van der Waals surface area contributed by atoms with Crippen molar-refractivity contribution in [3.05, 3.63) is 61.7 Å². The Labute approximate surface area is 168 Å². The fraction of sp³-hybridized carbons (Fsp3) is 0.364. The van der Waals surface area contributed by atoms with Crippen LogP contribution in [0.1, 0.15) is 70.7 Å². The zero-order chi connectivity index (χ0) is 21.6. The van der Waals surface area contributed by atoms with Gasteiger partial charge in [0, 0.05) is 17.2 Å². The zero-order valence-corrected chi connectivity index (χ0v) is 16.8. The van der Waals surface area contributed by atoms with Gasteiger partial charge in [0.15, 0.2) is 5.78 Å². The second kappa shape index (κ2) is 7.31. The van der Waals surface area contributed by atoms with E-state index in [1.165, 1.54) is 6.07 Å². The lowest BCUT2D eigenvalue weighted by Crippen LogP contribution is -2.24. The Hall–Kier alpha value is -3.22. The smallest absolute Gasteiger partial charge is 0.281 e. The third-order valence-corrected chi connectivity index (χ3v) is 5.00. The summed E-state index contributed by atoms with van der Waals surface area (Å²) in [5.74, 6) is -2.00. The minimum Gasteiger partial charge on any atom is -0.507 e. The minimum absolute atomic E-state index is 0.0567. The SMILES string of the molecule is CC(C)Cc1ccc2c(c1O)C(=O)c1c([N+](=O)[O-])cc(CC(C)C)c(O)c1C2=O. The Morgan fingerprint density at radius 2 is 1.41 bits per heavy atom. The van der Waals surface area contributed by atoms with Crippen molar-refractivity contribution in [3.63, 3.8) is 0 Å². The lowest BCUT2D eigenvalue weighted by molar-refractivity contribution is -0.385. The molecule has 0 aromatic heterocycles. The van der Waals surface area contributed by atoms with Crippen molar-refractivity contribution in [2.24, 2.45) is 11.8 Å². The van der Waals surface area contributed by atoms with Gasteiger partial charge < -0.3 is 10.2 Å². The van der Waals surface area contributed by atoms with Gasteiger partial charge in [-0.05, 0) is 36.3 Å². The average Bonchev–Trinajstić information content (AvgIpc) is 2.61. The minimum atomic E-state index is -0.823. The highest BCUT2D eigenvalue weighted by atomic mass is 16.6. The molecule has 152 valence electrons. The predicted octanol–water partition coefficient (Wildman–Crippen LogP) is 4.18. The van der Waals surface area contributed by atoms with Crippen LogP contribution in [0.4, 0.5) is 5.69 Å². The number of hydrogen-bond donors (Lipinski definition) is 2. The highest BCUT2D eigenvalue weighted by Crippen LogP contribution is 2.43. The first-order valence-electron chi connectivity index (χ1n) is 9.52.